The van der Waals surface area contributed by atoms with E-state index in [9.17, 15) is 9.59 Å². The average Bonchev–Trinajstić information content (AvgIpc) is 2.75. The van der Waals surface area contributed by atoms with Crippen molar-refractivity contribution in [3.05, 3.63) is 65.2 Å². The zero-order chi connectivity index (χ0) is 21.2. The summed E-state index contributed by atoms with van der Waals surface area (Å²) in [7, 11) is 1.33. The van der Waals surface area contributed by atoms with Gasteiger partial charge >= 0.3 is 6.09 Å². The van der Waals surface area contributed by atoms with E-state index in [0.717, 1.165) is 11.1 Å². The molecule has 0 bridgehead atoms. The maximum atomic E-state index is 12.5. The highest BCUT2D eigenvalue weighted by Crippen LogP contribution is 2.25. The second kappa shape index (κ2) is 11.2. The number of nitrogens with two attached hydrogens (primary N) is 1. The molecular weight excluding hydrogens is 368 g/mol. The van der Waals surface area contributed by atoms with Crippen molar-refractivity contribution in [3.8, 4) is 0 Å². The number of benzene rings is 2. The molecule has 1 unspecified atom stereocenters. The number of nitrogens with zero attached hydrogens (tertiary/aromatic N) is 1. The number of rotatable bonds is 9. The molecule has 0 radical (unpaired) electrons. The van der Waals surface area contributed by atoms with Crippen molar-refractivity contribution in [1.29, 1.82) is 0 Å². The second-order valence-electron chi connectivity index (χ2n) is 6.52. The number of hydrogen-bond acceptors (Lipinski definition) is 5. The molecular formula is C22H30N4O3. The first kappa shape index (κ1) is 22.4. The Labute approximate surface area is 172 Å². The van der Waals surface area contributed by atoms with Crippen LogP contribution in [0.5, 0.6) is 0 Å². The summed E-state index contributed by atoms with van der Waals surface area (Å²) in [6.07, 6.45) is -0.520. The third-order valence-corrected chi connectivity index (χ3v) is 4.69. The van der Waals surface area contributed by atoms with Gasteiger partial charge in [0.2, 0.25) is 0 Å². The Balaban J connectivity index is 2.29. The van der Waals surface area contributed by atoms with E-state index >= 15 is 0 Å². The summed E-state index contributed by atoms with van der Waals surface area (Å²) in [6, 6.07) is 15.0. The monoisotopic (exact) mass is 398 g/mol. The third-order valence-electron chi connectivity index (χ3n) is 4.69. The van der Waals surface area contributed by atoms with Gasteiger partial charge in [0.1, 0.15) is 0 Å². The van der Waals surface area contributed by atoms with Crippen molar-refractivity contribution in [1.82, 2.24) is 10.2 Å². The van der Waals surface area contributed by atoms with Crippen molar-refractivity contribution in [2.24, 2.45) is 5.73 Å². The van der Waals surface area contributed by atoms with Crippen LogP contribution in [-0.4, -0.2) is 50.2 Å². The molecule has 0 fully saturated rings. The minimum atomic E-state index is -0.520. The fourth-order valence-electron chi connectivity index (χ4n) is 3.13. The zero-order valence-corrected chi connectivity index (χ0v) is 17.3. The third kappa shape index (κ3) is 6.04. The van der Waals surface area contributed by atoms with Crippen molar-refractivity contribution in [2.45, 2.75) is 19.9 Å². The molecule has 0 aliphatic carbocycles. The number of ether oxygens (including phenoxy) is 1. The van der Waals surface area contributed by atoms with Crippen LogP contribution in [0.1, 0.15) is 41.4 Å². The topological polar surface area (TPSA) is 96.7 Å². The minimum absolute atomic E-state index is 0.0253. The number of methoxy groups -OCH3 is 1. The minimum Gasteiger partial charge on any atom is -0.453 e. The van der Waals surface area contributed by atoms with E-state index in [1.165, 1.54) is 7.11 Å². The van der Waals surface area contributed by atoms with Crippen LogP contribution in [0.15, 0.2) is 48.5 Å². The van der Waals surface area contributed by atoms with E-state index in [4.69, 9.17) is 5.73 Å². The van der Waals surface area contributed by atoms with Gasteiger partial charge in [0.15, 0.2) is 0 Å². The first-order chi connectivity index (χ1) is 14.0. The molecule has 2 aromatic rings. The summed E-state index contributed by atoms with van der Waals surface area (Å²) < 4.78 is 4.66. The fourth-order valence-corrected chi connectivity index (χ4v) is 3.13. The summed E-state index contributed by atoms with van der Waals surface area (Å²) in [6.45, 7) is 6.42. The summed E-state index contributed by atoms with van der Waals surface area (Å²) >= 11 is 0. The van der Waals surface area contributed by atoms with Gasteiger partial charge < -0.3 is 20.7 Å². The van der Waals surface area contributed by atoms with Crippen LogP contribution in [0.4, 0.5) is 10.5 Å². The van der Waals surface area contributed by atoms with E-state index in [1.54, 1.807) is 11.0 Å². The van der Waals surface area contributed by atoms with E-state index in [1.807, 2.05) is 56.3 Å². The molecule has 0 spiro atoms. The lowest BCUT2D eigenvalue weighted by atomic mass is 9.97. The van der Waals surface area contributed by atoms with Crippen LogP contribution in [0.2, 0.25) is 0 Å². The van der Waals surface area contributed by atoms with Gasteiger partial charge in [-0.2, -0.15) is 0 Å². The molecule has 1 atom stereocenters. The van der Waals surface area contributed by atoms with Gasteiger partial charge in [0, 0.05) is 37.4 Å². The van der Waals surface area contributed by atoms with Crippen molar-refractivity contribution >= 4 is 17.7 Å². The zero-order valence-electron chi connectivity index (χ0n) is 17.3. The highest BCUT2D eigenvalue weighted by atomic mass is 16.5. The van der Waals surface area contributed by atoms with Crippen LogP contribution in [0.3, 0.4) is 0 Å². The first-order valence-electron chi connectivity index (χ1n) is 9.81. The van der Waals surface area contributed by atoms with Crippen molar-refractivity contribution in [2.75, 3.05) is 38.6 Å². The van der Waals surface area contributed by atoms with Crippen LogP contribution in [0, 0.1) is 0 Å². The van der Waals surface area contributed by atoms with E-state index < -0.39 is 6.09 Å². The molecule has 0 aliphatic rings. The number of carbonyl (C=O) groups is 2. The Morgan fingerprint density at radius 1 is 1.07 bits per heavy atom. The van der Waals surface area contributed by atoms with Crippen LogP contribution in [0.25, 0.3) is 0 Å². The van der Waals surface area contributed by atoms with Gasteiger partial charge in [-0.15, -0.1) is 0 Å². The van der Waals surface area contributed by atoms with Gasteiger partial charge in [-0.1, -0.05) is 24.3 Å². The summed E-state index contributed by atoms with van der Waals surface area (Å²) in [5.41, 5.74) is 8.96. The lowest BCUT2D eigenvalue weighted by molar-refractivity contribution is 0.0773. The molecule has 2 rings (SSSR count). The van der Waals surface area contributed by atoms with Crippen LogP contribution >= 0.6 is 0 Å². The van der Waals surface area contributed by atoms with Gasteiger partial charge in [-0.25, -0.2) is 4.79 Å². The Morgan fingerprint density at radius 2 is 1.76 bits per heavy atom. The average molecular weight is 399 g/mol. The van der Waals surface area contributed by atoms with Gasteiger partial charge in [0.05, 0.1) is 13.2 Å². The molecule has 7 heteroatoms. The maximum absolute atomic E-state index is 12.5. The van der Waals surface area contributed by atoms with E-state index in [2.05, 4.69) is 15.4 Å². The number of anilines is 1. The van der Waals surface area contributed by atoms with Gasteiger partial charge in [-0.3, -0.25) is 10.1 Å². The molecule has 2 amide bonds. The van der Waals surface area contributed by atoms with Crippen LogP contribution in [-0.2, 0) is 4.74 Å². The molecule has 29 heavy (non-hydrogen) atoms. The molecule has 0 saturated heterocycles. The quantitative estimate of drug-likeness (QED) is 0.603. The molecule has 0 aliphatic heterocycles. The summed E-state index contributed by atoms with van der Waals surface area (Å²) in [5.74, 6) is 0.0253. The highest BCUT2D eigenvalue weighted by Gasteiger charge is 2.17. The van der Waals surface area contributed by atoms with Crippen LogP contribution < -0.4 is 16.4 Å². The largest absolute Gasteiger partial charge is 0.453 e. The molecule has 4 N–H and O–H groups in total. The normalized spacial score (nSPS) is 11.6. The first-order valence-corrected chi connectivity index (χ1v) is 9.81. The SMILES string of the molecule is CCN(CC)C(=O)c1ccc(C(NCCN)c2cccc(NC(=O)OC)c2)cc1. The molecule has 7 nitrogen and oxygen atoms in total. The molecule has 0 heterocycles. The van der Waals surface area contributed by atoms with Crippen molar-refractivity contribution < 1.29 is 14.3 Å². The lowest BCUT2D eigenvalue weighted by Gasteiger charge is -2.22. The molecule has 0 aromatic heterocycles. The Morgan fingerprint density at radius 3 is 2.34 bits per heavy atom. The lowest BCUT2D eigenvalue weighted by Crippen LogP contribution is -2.30. The number of nitrogens with one attached hydrogen (secondary N) is 2. The smallest absolute Gasteiger partial charge is 0.411 e. The number of amides is 2. The summed E-state index contributed by atoms with van der Waals surface area (Å²) in [4.78, 5) is 25.8. The maximum Gasteiger partial charge on any atom is 0.411 e. The predicted octanol–water partition coefficient (Wildman–Crippen LogP) is 2.98. The Hall–Kier alpha value is -2.90. The Kier molecular flexibility index (Phi) is 8.64. The molecule has 0 saturated carbocycles. The second-order valence-corrected chi connectivity index (χ2v) is 6.52. The fraction of sp³-hybridized carbons (Fsp3) is 0.364. The standard InChI is InChI=1S/C22H30N4O3/c1-4-26(5-2)21(27)17-11-9-16(10-12-17)20(24-14-13-23)18-7-6-8-19(15-18)25-22(28)29-3/h6-12,15,20,24H,4-5,13-14,23H2,1-3H3,(H,25,28). The van der Waals surface area contributed by atoms with Gasteiger partial charge in [-0.05, 0) is 49.2 Å². The Bertz CT molecular complexity index is 804. The molecule has 156 valence electrons. The summed E-state index contributed by atoms with van der Waals surface area (Å²) in [5, 5.41) is 6.11. The van der Waals surface area contributed by atoms with E-state index in [0.29, 0.717) is 37.4 Å². The van der Waals surface area contributed by atoms with E-state index in [-0.39, 0.29) is 11.9 Å². The predicted molar refractivity (Wildman–Crippen MR) is 115 cm³/mol. The molecule has 2 aromatic carbocycles. The van der Waals surface area contributed by atoms with Gasteiger partial charge in [0.25, 0.3) is 5.91 Å². The van der Waals surface area contributed by atoms with Crippen molar-refractivity contribution in [3.63, 3.8) is 0 Å². The number of carbonyl (C=O) groups excluding carboxylic acids is 2. The highest BCUT2D eigenvalue weighted by molar-refractivity contribution is 5.94. The number of hydrogen-bond donors (Lipinski definition) is 3.